The Labute approximate surface area is 183 Å². The molecule has 0 aliphatic heterocycles. The van der Waals surface area contributed by atoms with Crippen molar-refractivity contribution < 1.29 is 4.42 Å². The first-order valence-electron chi connectivity index (χ1n) is 9.94. The summed E-state index contributed by atoms with van der Waals surface area (Å²) in [6, 6.07) is 26.9. The van der Waals surface area contributed by atoms with Gasteiger partial charge >= 0.3 is 0 Å². The van der Waals surface area contributed by atoms with E-state index in [1.54, 1.807) is 6.07 Å². The van der Waals surface area contributed by atoms with Crippen LogP contribution in [0.4, 0.5) is 22.9 Å². The minimum Gasteiger partial charge on any atom is -0.443 e. The van der Waals surface area contributed by atoms with E-state index in [-0.39, 0.29) is 5.96 Å². The molecule has 0 radical (unpaired) electrons. The zero-order valence-corrected chi connectivity index (χ0v) is 16.9. The Bertz CT molecular complexity index is 1380. The summed E-state index contributed by atoms with van der Waals surface area (Å²) >= 11 is 0. The summed E-state index contributed by atoms with van der Waals surface area (Å²) in [4.78, 5) is 8.47. The standard InChI is InChI=1S/C24H19N7O/c25-24(29-23-13-12-18(30-31-23)16-6-2-1-3-7-16)28-20-9-5-4-8-19(20)27-17-10-11-21-22(14-17)32-15-26-21/h1-15,27H,(H3,25,28,29,31). The monoisotopic (exact) mass is 421 g/mol. The molecule has 0 amide bonds. The van der Waals surface area contributed by atoms with Crippen molar-refractivity contribution in [3.63, 3.8) is 0 Å². The molecule has 0 aliphatic rings. The van der Waals surface area contributed by atoms with Crippen molar-refractivity contribution in [3.8, 4) is 11.3 Å². The van der Waals surface area contributed by atoms with Crippen LogP contribution in [0.3, 0.4) is 0 Å². The molecule has 0 fully saturated rings. The highest BCUT2D eigenvalue weighted by Gasteiger charge is 2.07. The summed E-state index contributed by atoms with van der Waals surface area (Å²) in [7, 11) is 0. The molecule has 156 valence electrons. The average molecular weight is 421 g/mol. The number of hydrogen-bond acceptors (Lipinski definition) is 6. The van der Waals surface area contributed by atoms with Crippen molar-refractivity contribution in [1.29, 1.82) is 0 Å². The molecule has 0 saturated carbocycles. The number of oxazole rings is 1. The number of nitrogens with two attached hydrogens (primary N) is 1. The summed E-state index contributed by atoms with van der Waals surface area (Å²) in [5.41, 5.74) is 11.9. The van der Waals surface area contributed by atoms with Crippen molar-refractivity contribution >= 4 is 39.9 Å². The number of fused-ring (bicyclic) bond motifs is 1. The van der Waals surface area contributed by atoms with Crippen LogP contribution in [-0.4, -0.2) is 21.1 Å². The molecular weight excluding hydrogens is 402 g/mol. The molecule has 32 heavy (non-hydrogen) atoms. The maximum Gasteiger partial charge on any atom is 0.199 e. The van der Waals surface area contributed by atoms with E-state index >= 15 is 0 Å². The van der Waals surface area contributed by atoms with Gasteiger partial charge in [0.25, 0.3) is 0 Å². The first-order valence-corrected chi connectivity index (χ1v) is 9.94. The third-order valence-corrected chi connectivity index (χ3v) is 4.76. The van der Waals surface area contributed by atoms with Gasteiger partial charge in [-0.2, -0.15) is 4.99 Å². The van der Waals surface area contributed by atoms with Crippen molar-refractivity contribution in [1.82, 2.24) is 15.2 Å². The fourth-order valence-corrected chi connectivity index (χ4v) is 3.23. The van der Waals surface area contributed by atoms with Crippen LogP contribution in [0, 0.1) is 0 Å². The van der Waals surface area contributed by atoms with Crippen LogP contribution in [0.5, 0.6) is 0 Å². The molecule has 0 spiro atoms. The second-order valence-electron chi connectivity index (χ2n) is 6.97. The molecule has 8 nitrogen and oxygen atoms in total. The second kappa shape index (κ2) is 8.57. The van der Waals surface area contributed by atoms with Gasteiger partial charge in [0.15, 0.2) is 23.8 Å². The third kappa shape index (κ3) is 4.24. The van der Waals surface area contributed by atoms with Crippen LogP contribution < -0.4 is 16.4 Å². The predicted octanol–water partition coefficient (Wildman–Crippen LogP) is 5.09. The highest BCUT2D eigenvalue weighted by Crippen LogP contribution is 2.27. The second-order valence-corrected chi connectivity index (χ2v) is 6.97. The van der Waals surface area contributed by atoms with Crippen molar-refractivity contribution in [2.24, 2.45) is 10.7 Å². The number of nitrogens with one attached hydrogen (secondary N) is 2. The van der Waals surface area contributed by atoms with E-state index in [0.717, 1.165) is 33.8 Å². The first kappa shape index (κ1) is 19.3. The molecule has 2 heterocycles. The molecule has 3 aromatic carbocycles. The molecule has 5 aromatic rings. The largest absolute Gasteiger partial charge is 0.443 e. The number of aliphatic imine (C=N–C) groups is 1. The van der Waals surface area contributed by atoms with E-state index in [1.807, 2.05) is 78.9 Å². The van der Waals surface area contributed by atoms with Crippen LogP contribution in [-0.2, 0) is 0 Å². The minimum atomic E-state index is 0.201. The van der Waals surface area contributed by atoms with E-state index in [1.165, 1.54) is 6.39 Å². The van der Waals surface area contributed by atoms with Gasteiger partial charge in [-0.25, -0.2) is 4.98 Å². The van der Waals surface area contributed by atoms with Crippen molar-refractivity contribution in [2.75, 3.05) is 10.6 Å². The van der Waals surface area contributed by atoms with Gasteiger partial charge in [-0.1, -0.05) is 42.5 Å². The molecule has 0 bridgehead atoms. The van der Waals surface area contributed by atoms with Crippen LogP contribution in [0.1, 0.15) is 0 Å². The topological polar surface area (TPSA) is 114 Å². The van der Waals surface area contributed by atoms with Crippen LogP contribution >= 0.6 is 0 Å². The van der Waals surface area contributed by atoms with E-state index in [0.29, 0.717) is 11.4 Å². The fraction of sp³-hybridized carbons (Fsp3) is 0. The van der Waals surface area contributed by atoms with Gasteiger partial charge in [0.1, 0.15) is 5.52 Å². The molecule has 0 saturated heterocycles. The highest BCUT2D eigenvalue weighted by molar-refractivity contribution is 5.97. The number of aromatic nitrogens is 3. The lowest BCUT2D eigenvalue weighted by atomic mass is 10.1. The van der Waals surface area contributed by atoms with E-state index < -0.39 is 0 Å². The minimum absolute atomic E-state index is 0.201. The highest BCUT2D eigenvalue weighted by atomic mass is 16.3. The quantitative estimate of drug-likeness (QED) is 0.268. The molecule has 0 atom stereocenters. The first-order chi connectivity index (χ1) is 15.7. The molecule has 5 rings (SSSR count). The van der Waals surface area contributed by atoms with E-state index in [9.17, 15) is 0 Å². The summed E-state index contributed by atoms with van der Waals surface area (Å²) < 4.78 is 5.38. The molecular formula is C24H19N7O. The van der Waals surface area contributed by atoms with Crippen molar-refractivity contribution in [2.45, 2.75) is 0 Å². The van der Waals surface area contributed by atoms with Gasteiger partial charge < -0.3 is 20.8 Å². The maximum atomic E-state index is 6.13. The number of anilines is 3. The van der Waals surface area contributed by atoms with Gasteiger partial charge in [0.05, 0.1) is 17.1 Å². The Balaban J connectivity index is 1.33. The van der Waals surface area contributed by atoms with E-state index in [2.05, 4.69) is 30.8 Å². The Morgan fingerprint density at radius 2 is 1.66 bits per heavy atom. The van der Waals surface area contributed by atoms with Crippen molar-refractivity contribution in [3.05, 3.63) is 91.3 Å². The molecule has 2 aromatic heterocycles. The molecule has 4 N–H and O–H groups in total. The van der Waals surface area contributed by atoms with Gasteiger partial charge in [0, 0.05) is 17.3 Å². The zero-order chi connectivity index (χ0) is 21.8. The number of hydrogen-bond donors (Lipinski definition) is 3. The lowest BCUT2D eigenvalue weighted by Crippen LogP contribution is -2.22. The summed E-state index contributed by atoms with van der Waals surface area (Å²) in [5, 5.41) is 14.9. The Hall–Kier alpha value is -4.72. The van der Waals surface area contributed by atoms with Crippen LogP contribution in [0.2, 0.25) is 0 Å². The Morgan fingerprint density at radius 1 is 0.844 bits per heavy atom. The average Bonchev–Trinajstić information content (AvgIpc) is 3.29. The fourth-order valence-electron chi connectivity index (χ4n) is 3.23. The smallest absolute Gasteiger partial charge is 0.199 e. The normalized spacial score (nSPS) is 11.4. The molecule has 0 aliphatic carbocycles. The number of nitrogens with zero attached hydrogens (tertiary/aromatic N) is 4. The number of para-hydroxylation sites is 2. The summed E-state index contributed by atoms with van der Waals surface area (Å²) in [6.07, 6.45) is 1.43. The third-order valence-electron chi connectivity index (χ3n) is 4.76. The summed E-state index contributed by atoms with van der Waals surface area (Å²) in [6.45, 7) is 0. The maximum absolute atomic E-state index is 6.13. The number of benzene rings is 3. The van der Waals surface area contributed by atoms with Gasteiger partial charge in [-0.15, -0.1) is 10.2 Å². The van der Waals surface area contributed by atoms with Gasteiger partial charge in [-0.05, 0) is 36.4 Å². The zero-order valence-electron chi connectivity index (χ0n) is 16.9. The number of rotatable bonds is 5. The van der Waals surface area contributed by atoms with E-state index in [4.69, 9.17) is 10.2 Å². The van der Waals surface area contributed by atoms with Gasteiger partial charge in [0.2, 0.25) is 0 Å². The lowest BCUT2D eigenvalue weighted by molar-refractivity contribution is 0.602. The lowest BCUT2D eigenvalue weighted by Gasteiger charge is -2.13. The molecule has 8 heteroatoms. The molecule has 0 unspecified atom stereocenters. The van der Waals surface area contributed by atoms with Gasteiger partial charge in [-0.3, -0.25) is 0 Å². The van der Waals surface area contributed by atoms with Crippen LogP contribution in [0.15, 0.2) is 101 Å². The number of guanidine groups is 1. The van der Waals surface area contributed by atoms with Crippen LogP contribution in [0.25, 0.3) is 22.4 Å². The Morgan fingerprint density at radius 3 is 2.47 bits per heavy atom. The predicted molar refractivity (Wildman–Crippen MR) is 126 cm³/mol. The SMILES string of the molecule is NC(=Nc1ccc(-c2ccccc2)nn1)Nc1ccccc1Nc1ccc2ncoc2c1. The Kier molecular flexibility index (Phi) is 5.15. The summed E-state index contributed by atoms with van der Waals surface area (Å²) in [5.74, 6) is 0.614.